The smallest absolute Gasteiger partial charge is 0.379 e. The van der Waals surface area contributed by atoms with E-state index >= 15 is 0 Å². The zero-order valence-corrected chi connectivity index (χ0v) is 11.6. The van der Waals surface area contributed by atoms with Crippen LogP contribution in [0.4, 0.5) is 13.2 Å². The van der Waals surface area contributed by atoms with E-state index in [1.54, 1.807) is 18.6 Å². The molecule has 0 radical (unpaired) electrons. The minimum absolute atomic E-state index is 0.109. The van der Waals surface area contributed by atoms with Gasteiger partial charge in [0.25, 0.3) is 0 Å². The lowest BCUT2D eigenvalue weighted by atomic mass is 10.0. The molecule has 0 N–H and O–H groups in total. The third-order valence-electron chi connectivity index (χ3n) is 3.20. The largest absolute Gasteiger partial charge is 0.416 e. The van der Waals surface area contributed by atoms with Crippen LogP contribution in [0.5, 0.6) is 0 Å². The predicted octanol–water partition coefficient (Wildman–Crippen LogP) is 3.11. The SMILES string of the molecule is COC1CN(Cc2ccc(SC#N)cc2C(F)(F)F)C1. The summed E-state index contributed by atoms with van der Waals surface area (Å²) >= 11 is 0.729. The molecule has 1 aliphatic rings. The van der Waals surface area contributed by atoms with Crippen LogP contribution in [0.1, 0.15) is 11.1 Å². The number of rotatable bonds is 4. The number of hydrogen-bond donors (Lipinski definition) is 0. The van der Waals surface area contributed by atoms with E-state index in [9.17, 15) is 13.2 Å². The zero-order chi connectivity index (χ0) is 14.8. The van der Waals surface area contributed by atoms with Gasteiger partial charge in [-0.1, -0.05) is 6.07 Å². The molecule has 1 heterocycles. The molecule has 108 valence electrons. The maximum atomic E-state index is 13.0. The Morgan fingerprint density at radius 1 is 1.45 bits per heavy atom. The highest BCUT2D eigenvalue weighted by atomic mass is 32.2. The maximum Gasteiger partial charge on any atom is 0.416 e. The molecule has 1 aromatic rings. The normalized spacial score (nSPS) is 16.8. The number of nitrogens with zero attached hydrogens (tertiary/aromatic N) is 2. The molecule has 0 saturated carbocycles. The highest BCUT2D eigenvalue weighted by Gasteiger charge is 2.35. The number of methoxy groups -OCH3 is 1. The summed E-state index contributed by atoms with van der Waals surface area (Å²) in [5, 5.41) is 10.3. The second kappa shape index (κ2) is 6.04. The van der Waals surface area contributed by atoms with Gasteiger partial charge in [0.2, 0.25) is 0 Å². The summed E-state index contributed by atoms with van der Waals surface area (Å²) < 4.78 is 44.2. The summed E-state index contributed by atoms with van der Waals surface area (Å²) in [6.07, 6.45) is -4.30. The van der Waals surface area contributed by atoms with E-state index < -0.39 is 11.7 Å². The van der Waals surface area contributed by atoms with E-state index in [4.69, 9.17) is 10.00 Å². The van der Waals surface area contributed by atoms with Crippen LogP contribution in [0.3, 0.4) is 0 Å². The van der Waals surface area contributed by atoms with Crippen molar-refractivity contribution in [3.63, 3.8) is 0 Å². The lowest BCUT2D eigenvalue weighted by Gasteiger charge is -2.38. The van der Waals surface area contributed by atoms with Crippen LogP contribution < -0.4 is 0 Å². The zero-order valence-electron chi connectivity index (χ0n) is 10.8. The number of likely N-dealkylation sites (tertiary alicyclic amines) is 1. The summed E-state index contributed by atoms with van der Waals surface area (Å²) in [6, 6.07) is 4.03. The summed E-state index contributed by atoms with van der Waals surface area (Å²) in [5.74, 6) is 0. The van der Waals surface area contributed by atoms with Crippen molar-refractivity contribution in [2.45, 2.75) is 23.7 Å². The van der Waals surface area contributed by atoms with E-state index in [1.165, 1.54) is 6.07 Å². The average molecular weight is 302 g/mol. The van der Waals surface area contributed by atoms with Crippen molar-refractivity contribution in [2.24, 2.45) is 0 Å². The summed E-state index contributed by atoms with van der Waals surface area (Å²) in [4.78, 5) is 2.21. The van der Waals surface area contributed by atoms with Gasteiger partial charge in [-0.3, -0.25) is 4.90 Å². The Kier molecular flexibility index (Phi) is 4.58. The van der Waals surface area contributed by atoms with Gasteiger partial charge in [0, 0.05) is 31.6 Å². The van der Waals surface area contributed by atoms with Gasteiger partial charge in [-0.05, 0) is 29.5 Å². The maximum absolute atomic E-state index is 13.0. The molecule has 2 rings (SSSR count). The van der Waals surface area contributed by atoms with Gasteiger partial charge in [-0.25, -0.2) is 0 Å². The molecular formula is C13H13F3N2OS. The summed E-state index contributed by atoms with van der Waals surface area (Å²) in [5.41, 5.74) is -0.437. The number of benzene rings is 1. The number of alkyl halides is 3. The number of hydrogen-bond acceptors (Lipinski definition) is 4. The van der Waals surface area contributed by atoms with Crippen LogP contribution in [-0.4, -0.2) is 31.2 Å². The van der Waals surface area contributed by atoms with Crippen molar-refractivity contribution in [1.29, 1.82) is 5.26 Å². The van der Waals surface area contributed by atoms with E-state index in [1.807, 2.05) is 4.90 Å². The van der Waals surface area contributed by atoms with Crippen molar-refractivity contribution >= 4 is 11.8 Å². The monoisotopic (exact) mass is 302 g/mol. The Morgan fingerprint density at radius 2 is 2.15 bits per heavy atom. The molecular weight excluding hydrogens is 289 g/mol. The molecule has 0 unspecified atom stereocenters. The van der Waals surface area contributed by atoms with Gasteiger partial charge in [0.1, 0.15) is 5.40 Å². The molecule has 20 heavy (non-hydrogen) atoms. The van der Waals surface area contributed by atoms with Crippen LogP contribution in [0.2, 0.25) is 0 Å². The Bertz CT molecular complexity index is 521. The predicted molar refractivity (Wildman–Crippen MR) is 69.0 cm³/mol. The average Bonchev–Trinajstić information content (AvgIpc) is 2.33. The highest BCUT2D eigenvalue weighted by Crippen LogP contribution is 2.35. The number of nitriles is 1. The molecule has 3 nitrogen and oxygen atoms in total. The molecule has 7 heteroatoms. The fraction of sp³-hybridized carbons (Fsp3) is 0.462. The molecule has 1 fully saturated rings. The van der Waals surface area contributed by atoms with Gasteiger partial charge < -0.3 is 4.74 Å². The van der Waals surface area contributed by atoms with Crippen LogP contribution in [0, 0.1) is 10.7 Å². The van der Waals surface area contributed by atoms with Gasteiger partial charge >= 0.3 is 6.18 Å². The third-order valence-corrected chi connectivity index (χ3v) is 3.78. The topological polar surface area (TPSA) is 36.3 Å². The minimum Gasteiger partial charge on any atom is -0.379 e. The van der Waals surface area contributed by atoms with Crippen LogP contribution in [0.25, 0.3) is 0 Å². The lowest BCUT2D eigenvalue weighted by molar-refractivity contribution is -0.139. The van der Waals surface area contributed by atoms with Gasteiger partial charge in [-0.2, -0.15) is 18.4 Å². The first-order valence-electron chi connectivity index (χ1n) is 5.95. The van der Waals surface area contributed by atoms with Crippen molar-refractivity contribution in [2.75, 3.05) is 20.2 Å². The van der Waals surface area contributed by atoms with E-state index in [-0.39, 0.29) is 18.2 Å². The molecule has 1 aliphatic heterocycles. The Balaban J connectivity index is 2.17. The molecule has 1 aromatic carbocycles. The molecule has 0 amide bonds. The van der Waals surface area contributed by atoms with Gasteiger partial charge in [0.05, 0.1) is 11.7 Å². The number of ether oxygens (including phenoxy) is 1. The standard InChI is InChI=1S/C13H13F3N2OS/c1-19-10-6-18(7-10)5-9-2-3-11(20-8-17)4-12(9)13(14,15)16/h2-4,10H,5-7H2,1H3. The van der Waals surface area contributed by atoms with E-state index in [0.29, 0.717) is 18.0 Å². The first kappa shape index (κ1) is 15.2. The van der Waals surface area contributed by atoms with Gasteiger partial charge in [-0.15, -0.1) is 0 Å². The van der Waals surface area contributed by atoms with Crippen molar-refractivity contribution in [3.05, 3.63) is 29.3 Å². The second-order valence-corrected chi connectivity index (χ2v) is 5.42. The summed E-state index contributed by atoms with van der Waals surface area (Å²) in [6.45, 7) is 1.52. The molecule has 0 aromatic heterocycles. The molecule has 0 aliphatic carbocycles. The van der Waals surface area contributed by atoms with Crippen molar-refractivity contribution in [3.8, 4) is 5.40 Å². The first-order chi connectivity index (χ1) is 9.44. The van der Waals surface area contributed by atoms with E-state index in [2.05, 4.69) is 0 Å². The van der Waals surface area contributed by atoms with Gasteiger partial charge in [0.15, 0.2) is 0 Å². The summed E-state index contributed by atoms with van der Waals surface area (Å²) in [7, 11) is 1.59. The fourth-order valence-corrected chi connectivity index (χ4v) is 2.53. The number of halogens is 3. The Morgan fingerprint density at radius 3 is 2.70 bits per heavy atom. The third kappa shape index (κ3) is 3.45. The van der Waals surface area contributed by atoms with Crippen LogP contribution in [0.15, 0.2) is 23.1 Å². The molecule has 1 saturated heterocycles. The van der Waals surface area contributed by atoms with Crippen molar-refractivity contribution in [1.82, 2.24) is 4.90 Å². The highest BCUT2D eigenvalue weighted by molar-refractivity contribution is 8.03. The molecule has 0 bridgehead atoms. The molecule has 0 spiro atoms. The fourth-order valence-electron chi connectivity index (χ4n) is 2.12. The second-order valence-electron chi connectivity index (χ2n) is 4.56. The number of thiocyanates is 1. The Hall–Kier alpha value is -1.23. The number of thioether (sulfide) groups is 1. The van der Waals surface area contributed by atoms with Crippen molar-refractivity contribution < 1.29 is 17.9 Å². The quantitative estimate of drug-likeness (QED) is 0.632. The van der Waals surface area contributed by atoms with Crippen LogP contribution in [-0.2, 0) is 17.5 Å². The first-order valence-corrected chi connectivity index (χ1v) is 6.77. The van der Waals surface area contributed by atoms with E-state index in [0.717, 1.165) is 17.8 Å². The molecule has 0 atom stereocenters. The minimum atomic E-state index is -4.41. The lowest BCUT2D eigenvalue weighted by Crippen LogP contribution is -2.51. The van der Waals surface area contributed by atoms with Crippen LogP contribution >= 0.6 is 11.8 Å². The Labute approximate surface area is 119 Å².